The number of unbranched alkanes of at least 4 members (excludes halogenated alkanes) is 1. The molecule has 2 atom stereocenters. The molecule has 0 saturated heterocycles. The fourth-order valence-electron chi connectivity index (χ4n) is 4.39. The first kappa shape index (κ1) is 30.5. The highest BCUT2D eigenvalue weighted by Gasteiger charge is 2.32. The second kappa shape index (κ2) is 14.3. The number of pyridine rings is 1. The van der Waals surface area contributed by atoms with Crippen LogP contribution in [0.15, 0.2) is 36.5 Å². The third kappa shape index (κ3) is 8.66. The van der Waals surface area contributed by atoms with Crippen molar-refractivity contribution in [1.82, 2.24) is 14.8 Å². The molecule has 1 aromatic carbocycles. The second-order valence-corrected chi connectivity index (χ2v) is 10.2. The maximum absolute atomic E-state index is 13.7. The monoisotopic (exact) mass is 516 g/mol. The summed E-state index contributed by atoms with van der Waals surface area (Å²) in [5, 5.41) is 10.5. The third-order valence-electron chi connectivity index (χ3n) is 6.39. The minimum atomic E-state index is -0.950. The van der Waals surface area contributed by atoms with Crippen molar-refractivity contribution in [2.75, 3.05) is 19.8 Å². The Bertz CT molecular complexity index is 998. The van der Waals surface area contributed by atoms with E-state index >= 15 is 0 Å². The van der Waals surface area contributed by atoms with Crippen molar-refractivity contribution < 1.29 is 24.2 Å². The SMILES string of the molecule is CCOC(OCC)[C@H](C)N(Cc1cccc2cccnc12)C(=O)[C@@H](N)CCCCN(C(=O)O)C(C)(C)C. The molecule has 37 heavy (non-hydrogen) atoms. The van der Waals surface area contributed by atoms with Crippen LogP contribution >= 0.6 is 0 Å². The molecule has 0 saturated carbocycles. The maximum Gasteiger partial charge on any atom is 0.407 e. The average molecular weight is 517 g/mol. The van der Waals surface area contributed by atoms with Gasteiger partial charge in [-0.2, -0.15) is 0 Å². The number of para-hydroxylation sites is 1. The summed E-state index contributed by atoms with van der Waals surface area (Å²) in [4.78, 5) is 33.0. The van der Waals surface area contributed by atoms with Crippen molar-refractivity contribution in [3.8, 4) is 0 Å². The van der Waals surface area contributed by atoms with Crippen molar-refractivity contribution in [2.24, 2.45) is 5.73 Å². The van der Waals surface area contributed by atoms with Gasteiger partial charge in [0.15, 0.2) is 6.29 Å². The molecule has 0 fully saturated rings. The number of amides is 2. The molecule has 2 aromatic rings. The van der Waals surface area contributed by atoms with Gasteiger partial charge in [0, 0.05) is 43.4 Å². The minimum absolute atomic E-state index is 0.198. The highest BCUT2D eigenvalue weighted by Crippen LogP contribution is 2.22. The molecule has 0 radical (unpaired) electrons. The van der Waals surface area contributed by atoms with Gasteiger partial charge < -0.3 is 30.1 Å². The van der Waals surface area contributed by atoms with Crippen LogP contribution < -0.4 is 5.73 Å². The standard InChI is InChI=1S/C28H44N4O5/c1-7-36-26(37-8-2)20(3)31(19-22-14-11-13-21-15-12-17-30-24(21)22)25(33)23(29)16-9-10-18-32(27(34)35)28(4,5)6/h11-15,17,20,23,26H,7-10,16,18-19,29H2,1-6H3,(H,34,35)/t20-,23-/m0/s1. The van der Waals surface area contributed by atoms with Gasteiger partial charge in [-0.25, -0.2) is 4.79 Å². The zero-order chi connectivity index (χ0) is 27.6. The molecule has 0 aliphatic heterocycles. The Balaban J connectivity index is 2.20. The number of fused-ring (bicyclic) bond motifs is 1. The molecule has 206 valence electrons. The van der Waals surface area contributed by atoms with E-state index in [0.717, 1.165) is 16.5 Å². The van der Waals surface area contributed by atoms with Gasteiger partial charge in [-0.15, -0.1) is 0 Å². The number of rotatable bonds is 14. The number of carbonyl (C=O) groups excluding carboxylic acids is 1. The number of nitrogens with zero attached hydrogens (tertiary/aromatic N) is 3. The van der Waals surface area contributed by atoms with Crippen LogP contribution in [0.25, 0.3) is 10.9 Å². The molecule has 3 N–H and O–H groups in total. The van der Waals surface area contributed by atoms with Crippen LogP contribution in [-0.4, -0.2) is 75.6 Å². The second-order valence-electron chi connectivity index (χ2n) is 10.2. The van der Waals surface area contributed by atoms with Gasteiger partial charge in [0.25, 0.3) is 0 Å². The van der Waals surface area contributed by atoms with E-state index in [1.165, 1.54) is 4.90 Å². The van der Waals surface area contributed by atoms with Crippen LogP contribution in [0, 0.1) is 0 Å². The van der Waals surface area contributed by atoms with E-state index in [2.05, 4.69) is 4.98 Å². The number of benzene rings is 1. The molecule has 2 rings (SSSR count). The van der Waals surface area contributed by atoms with Crippen molar-refractivity contribution in [2.45, 2.75) is 91.3 Å². The molecule has 0 spiro atoms. The predicted molar refractivity (Wildman–Crippen MR) is 145 cm³/mol. The average Bonchev–Trinajstić information content (AvgIpc) is 2.85. The van der Waals surface area contributed by atoms with Crippen molar-refractivity contribution in [3.05, 3.63) is 42.1 Å². The maximum atomic E-state index is 13.7. The molecule has 9 nitrogen and oxygen atoms in total. The minimum Gasteiger partial charge on any atom is -0.465 e. The van der Waals surface area contributed by atoms with E-state index in [1.54, 1.807) is 11.1 Å². The molecule has 0 aliphatic carbocycles. The van der Waals surface area contributed by atoms with Crippen LogP contribution in [0.5, 0.6) is 0 Å². The number of ether oxygens (including phenoxy) is 2. The van der Waals surface area contributed by atoms with E-state index in [9.17, 15) is 14.7 Å². The van der Waals surface area contributed by atoms with E-state index in [-0.39, 0.29) is 11.9 Å². The van der Waals surface area contributed by atoms with Gasteiger partial charge >= 0.3 is 6.09 Å². The molecule has 0 bridgehead atoms. The molecular weight excluding hydrogens is 472 g/mol. The summed E-state index contributed by atoms with van der Waals surface area (Å²) in [6, 6.07) is 8.68. The number of carbonyl (C=O) groups is 2. The zero-order valence-electron chi connectivity index (χ0n) is 23.1. The lowest BCUT2D eigenvalue weighted by Gasteiger charge is -2.36. The largest absolute Gasteiger partial charge is 0.465 e. The Morgan fingerprint density at radius 3 is 2.32 bits per heavy atom. The van der Waals surface area contributed by atoms with Crippen molar-refractivity contribution in [3.63, 3.8) is 0 Å². The first-order valence-electron chi connectivity index (χ1n) is 13.1. The van der Waals surface area contributed by atoms with E-state index in [4.69, 9.17) is 15.2 Å². The summed E-state index contributed by atoms with van der Waals surface area (Å²) in [7, 11) is 0. The highest BCUT2D eigenvalue weighted by molar-refractivity contribution is 5.84. The summed E-state index contributed by atoms with van der Waals surface area (Å²) in [6.07, 6.45) is 1.90. The van der Waals surface area contributed by atoms with Gasteiger partial charge in [-0.1, -0.05) is 24.3 Å². The van der Waals surface area contributed by atoms with Crippen LogP contribution in [-0.2, 0) is 20.8 Å². The lowest BCUT2D eigenvalue weighted by Crippen LogP contribution is -2.52. The van der Waals surface area contributed by atoms with Crippen LogP contribution in [0.4, 0.5) is 4.79 Å². The third-order valence-corrected chi connectivity index (χ3v) is 6.39. The van der Waals surface area contributed by atoms with Crippen LogP contribution in [0.2, 0.25) is 0 Å². The van der Waals surface area contributed by atoms with Gasteiger partial charge in [-0.3, -0.25) is 9.78 Å². The number of hydrogen-bond donors (Lipinski definition) is 2. The number of carboxylic acid groups (broad SMARTS) is 1. The van der Waals surface area contributed by atoms with Gasteiger partial charge in [-0.05, 0) is 72.4 Å². The van der Waals surface area contributed by atoms with E-state index in [1.807, 2.05) is 71.9 Å². The van der Waals surface area contributed by atoms with Crippen molar-refractivity contribution >= 4 is 22.9 Å². The molecule has 2 amide bonds. The number of nitrogens with two attached hydrogens (primary N) is 1. The molecule has 1 heterocycles. The van der Waals surface area contributed by atoms with Crippen molar-refractivity contribution in [1.29, 1.82) is 0 Å². The topological polar surface area (TPSA) is 118 Å². The van der Waals surface area contributed by atoms with E-state index in [0.29, 0.717) is 45.6 Å². The summed E-state index contributed by atoms with van der Waals surface area (Å²) in [5.74, 6) is -0.198. The predicted octanol–water partition coefficient (Wildman–Crippen LogP) is 4.63. The first-order chi connectivity index (χ1) is 17.5. The molecule has 9 heteroatoms. The lowest BCUT2D eigenvalue weighted by atomic mass is 10.0. The highest BCUT2D eigenvalue weighted by atomic mass is 16.7. The number of aromatic nitrogens is 1. The summed E-state index contributed by atoms with van der Waals surface area (Å²) in [6.45, 7) is 12.9. The van der Waals surface area contributed by atoms with Gasteiger partial charge in [0.2, 0.25) is 5.91 Å². The Morgan fingerprint density at radius 1 is 1.08 bits per heavy atom. The summed E-state index contributed by atoms with van der Waals surface area (Å²) < 4.78 is 11.7. The van der Waals surface area contributed by atoms with Crippen LogP contribution in [0.3, 0.4) is 0 Å². The van der Waals surface area contributed by atoms with E-state index < -0.39 is 24.0 Å². The zero-order valence-corrected chi connectivity index (χ0v) is 23.1. The fraction of sp³-hybridized carbons (Fsp3) is 0.607. The molecule has 0 unspecified atom stereocenters. The van der Waals surface area contributed by atoms with Gasteiger partial charge in [0.05, 0.1) is 17.6 Å². The number of hydrogen-bond acceptors (Lipinski definition) is 6. The quantitative estimate of drug-likeness (QED) is 0.278. The van der Waals surface area contributed by atoms with Crippen LogP contribution in [0.1, 0.15) is 66.4 Å². The lowest BCUT2D eigenvalue weighted by molar-refractivity contribution is -0.179. The summed E-state index contributed by atoms with van der Waals surface area (Å²) in [5.41, 5.74) is 7.68. The Morgan fingerprint density at radius 2 is 1.73 bits per heavy atom. The molecule has 1 aromatic heterocycles. The fourth-order valence-corrected chi connectivity index (χ4v) is 4.39. The Hall–Kier alpha value is -2.75. The van der Waals surface area contributed by atoms with Gasteiger partial charge in [0.1, 0.15) is 0 Å². The molecule has 0 aliphatic rings. The Labute approximate surface area is 220 Å². The smallest absolute Gasteiger partial charge is 0.407 e. The first-order valence-corrected chi connectivity index (χ1v) is 13.1. The normalized spacial score (nSPS) is 13.5. The molecular formula is C28H44N4O5. The summed E-state index contributed by atoms with van der Waals surface area (Å²) >= 11 is 0. The Kier molecular flexibility index (Phi) is 11.7.